The van der Waals surface area contributed by atoms with Crippen LogP contribution in [0.25, 0.3) is 0 Å². The molecule has 0 spiro atoms. The maximum atomic E-state index is 10.5. The fourth-order valence-corrected chi connectivity index (χ4v) is 2.18. The Bertz CT molecular complexity index is 291. The van der Waals surface area contributed by atoms with Gasteiger partial charge >= 0.3 is 0 Å². The summed E-state index contributed by atoms with van der Waals surface area (Å²) in [4.78, 5) is 10.5. The van der Waals surface area contributed by atoms with Crippen LogP contribution in [0.1, 0.15) is 45.1 Å². The zero-order valence-electron chi connectivity index (χ0n) is 9.70. The first kappa shape index (κ1) is 12.0. The van der Waals surface area contributed by atoms with Gasteiger partial charge in [-0.3, -0.25) is 0 Å². The zero-order valence-corrected chi connectivity index (χ0v) is 9.70. The van der Waals surface area contributed by atoms with Crippen molar-refractivity contribution in [3.05, 3.63) is 35.9 Å². The summed E-state index contributed by atoms with van der Waals surface area (Å²) in [5, 5.41) is 0. The molecule has 0 heterocycles. The first-order chi connectivity index (χ1) is 7.23. The predicted octanol–water partition coefficient (Wildman–Crippen LogP) is 3.72. The minimum absolute atomic E-state index is 0.164. The van der Waals surface area contributed by atoms with Crippen LogP contribution < -0.4 is 0 Å². The third-order valence-electron chi connectivity index (χ3n) is 3.09. The van der Waals surface area contributed by atoms with Crippen molar-refractivity contribution >= 4 is 6.29 Å². The van der Waals surface area contributed by atoms with Crippen LogP contribution in [0, 0.1) is 0 Å². The van der Waals surface area contributed by atoms with Gasteiger partial charge in [-0.05, 0) is 23.8 Å². The Morgan fingerprint density at radius 3 is 2.40 bits per heavy atom. The second kappa shape index (κ2) is 5.69. The van der Waals surface area contributed by atoms with E-state index in [1.165, 1.54) is 5.56 Å². The van der Waals surface area contributed by atoms with Crippen molar-refractivity contribution < 1.29 is 4.79 Å². The van der Waals surface area contributed by atoms with Gasteiger partial charge in [0.05, 0.1) is 0 Å². The minimum atomic E-state index is 0.164. The first-order valence-electron chi connectivity index (χ1n) is 5.72. The van der Waals surface area contributed by atoms with Gasteiger partial charge in [0.15, 0.2) is 0 Å². The van der Waals surface area contributed by atoms with Crippen molar-refractivity contribution in [1.29, 1.82) is 0 Å². The van der Waals surface area contributed by atoms with Gasteiger partial charge in [-0.25, -0.2) is 0 Å². The Labute approximate surface area is 92.5 Å². The van der Waals surface area contributed by atoms with Gasteiger partial charge in [0.2, 0.25) is 0 Å². The molecule has 0 saturated heterocycles. The molecule has 0 saturated carbocycles. The van der Waals surface area contributed by atoms with E-state index in [0.717, 1.165) is 25.5 Å². The topological polar surface area (TPSA) is 17.1 Å². The highest BCUT2D eigenvalue weighted by Crippen LogP contribution is 2.33. The van der Waals surface area contributed by atoms with Crippen molar-refractivity contribution in [2.75, 3.05) is 0 Å². The molecule has 1 aromatic carbocycles. The van der Waals surface area contributed by atoms with Crippen LogP contribution in [0.2, 0.25) is 0 Å². The molecule has 0 bridgehead atoms. The molecule has 0 aliphatic heterocycles. The van der Waals surface area contributed by atoms with E-state index in [0.29, 0.717) is 6.42 Å². The molecule has 1 atom stereocenters. The molecular weight excluding hydrogens is 184 g/mol. The third kappa shape index (κ3) is 3.19. The molecule has 1 aromatic rings. The summed E-state index contributed by atoms with van der Waals surface area (Å²) < 4.78 is 0. The Balaban J connectivity index is 2.85. The molecule has 0 aliphatic rings. The summed E-state index contributed by atoms with van der Waals surface area (Å²) in [5.41, 5.74) is 1.52. The van der Waals surface area contributed by atoms with Gasteiger partial charge in [0, 0.05) is 6.42 Å². The average Bonchev–Trinajstić information content (AvgIpc) is 2.28. The maximum absolute atomic E-state index is 10.5. The number of carbonyl (C=O) groups is 1. The van der Waals surface area contributed by atoms with Crippen molar-refractivity contribution in [2.45, 2.75) is 44.9 Å². The molecule has 1 heteroatoms. The standard InChI is InChI=1S/C14H20O/c1-3-10-14(2,11-7-12-15)13-8-5-4-6-9-13/h4-6,8-9,12H,3,7,10-11H2,1-2H3. The van der Waals surface area contributed by atoms with E-state index in [2.05, 4.69) is 38.1 Å². The van der Waals surface area contributed by atoms with Crippen LogP contribution in [0.5, 0.6) is 0 Å². The number of aldehydes is 1. The maximum Gasteiger partial charge on any atom is 0.120 e. The lowest BCUT2D eigenvalue weighted by atomic mass is 9.75. The fraction of sp³-hybridized carbons (Fsp3) is 0.500. The first-order valence-corrected chi connectivity index (χ1v) is 5.72. The summed E-state index contributed by atoms with van der Waals surface area (Å²) in [6.45, 7) is 4.46. The van der Waals surface area contributed by atoms with Crippen molar-refractivity contribution in [2.24, 2.45) is 0 Å². The van der Waals surface area contributed by atoms with Gasteiger partial charge < -0.3 is 4.79 Å². The molecule has 0 fully saturated rings. The Morgan fingerprint density at radius 2 is 1.87 bits per heavy atom. The SMILES string of the molecule is CCCC(C)(CCC=O)c1ccccc1. The largest absolute Gasteiger partial charge is 0.303 e. The van der Waals surface area contributed by atoms with E-state index >= 15 is 0 Å². The Morgan fingerprint density at radius 1 is 1.20 bits per heavy atom. The van der Waals surface area contributed by atoms with Crippen LogP contribution in [-0.2, 0) is 10.2 Å². The smallest absolute Gasteiger partial charge is 0.120 e. The molecule has 82 valence electrons. The molecule has 1 nitrogen and oxygen atoms in total. The highest BCUT2D eigenvalue weighted by atomic mass is 16.1. The van der Waals surface area contributed by atoms with Gasteiger partial charge in [0.25, 0.3) is 0 Å². The van der Waals surface area contributed by atoms with Crippen LogP contribution >= 0.6 is 0 Å². The molecule has 0 aliphatic carbocycles. The third-order valence-corrected chi connectivity index (χ3v) is 3.09. The van der Waals surface area contributed by atoms with Gasteiger partial charge in [-0.2, -0.15) is 0 Å². The van der Waals surface area contributed by atoms with E-state index in [9.17, 15) is 4.79 Å². The summed E-state index contributed by atoms with van der Waals surface area (Å²) in [6.07, 6.45) is 4.94. The fourth-order valence-electron chi connectivity index (χ4n) is 2.18. The summed E-state index contributed by atoms with van der Waals surface area (Å²) >= 11 is 0. The van der Waals surface area contributed by atoms with E-state index < -0.39 is 0 Å². The van der Waals surface area contributed by atoms with Crippen molar-refractivity contribution in [1.82, 2.24) is 0 Å². The Kier molecular flexibility index (Phi) is 4.54. The van der Waals surface area contributed by atoms with Crippen molar-refractivity contribution in [3.63, 3.8) is 0 Å². The zero-order chi connectivity index (χ0) is 11.1. The number of hydrogen-bond donors (Lipinski definition) is 0. The van der Waals surface area contributed by atoms with Crippen LogP contribution in [0.3, 0.4) is 0 Å². The molecule has 0 radical (unpaired) electrons. The van der Waals surface area contributed by atoms with E-state index in [4.69, 9.17) is 0 Å². The quantitative estimate of drug-likeness (QED) is 0.645. The van der Waals surface area contributed by atoms with Crippen LogP contribution in [0.15, 0.2) is 30.3 Å². The average molecular weight is 204 g/mol. The van der Waals surface area contributed by atoms with Gasteiger partial charge in [0.1, 0.15) is 6.29 Å². The van der Waals surface area contributed by atoms with Crippen LogP contribution in [0.4, 0.5) is 0 Å². The summed E-state index contributed by atoms with van der Waals surface area (Å²) in [5.74, 6) is 0. The number of rotatable bonds is 6. The minimum Gasteiger partial charge on any atom is -0.303 e. The van der Waals surface area contributed by atoms with Crippen LogP contribution in [-0.4, -0.2) is 6.29 Å². The second-order valence-electron chi connectivity index (χ2n) is 4.38. The molecule has 1 rings (SSSR count). The van der Waals surface area contributed by atoms with E-state index in [-0.39, 0.29) is 5.41 Å². The molecule has 0 aromatic heterocycles. The van der Waals surface area contributed by atoms with E-state index in [1.54, 1.807) is 0 Å². The molecule has 0 amide bonds. The Hall–Kier alpha value is -1.11. The molecule has 15 heavy (non-hydrogen) atoms. The highest BCUT2D eigenvalue weighted by Gasteiger charge is 2.24. The lowest BCUT2D eigenvalue weighted by Gasteiger charge is -2.29. The molecular formula is C14H20O. The normalized spacial score (nSPS) is 14.5. The lowest BCUT2D eigenvalue weighted by Crippen LogP contribution is -2.21. The molecule has 0 N–H and O–H groups in total. The number of hydrogen-bond acceptors (Lipinski definition) is 1. The number of carbonyl (C=O) groups excluding carboxylic acids is 1. The summed E-state index contributed by atoms with van der Waals surface area (Å²) in [6, 6.07) is 10.5. The molecule has 1 unspecified atom stereocenters. The van der Waals surface area contributed by atoms with E-state index in [1.807, 2.05) is 6.07 Å². The van der Waals surface area contributed by atoms with Gasteiger partial charge in [-0.1, -0.05) is 50.6 Å². The highest BCUT2D eigenvalue weighted by molar-refractivity contribution is 5.49. The predicted molar refractivity (Wildman–Crippen MR) is 64.0 cm³/mol. The lowest BCUT2D eigenvalue weighted by molar-refractivity contribution is -0.108. The van der Waals surface area contributed by atoms with Gasteiger partial charge in [-0.15, -0.1) is 0 Å². The second-order valence-corrected chi connectivity index (χ2v) is 4.38. The van der Waals surface area contributed by atoms with Crippen molar-refractivity contribution in [3.8, 4) is 0 Å². The number of benzene rings is 1. The summed E-state index contributed by atoms with van der Waals surface area (Å²) in [7, 11) is 0. The monoisotopic (exact) mass is 204 g/mol.